The molecule has 20 heavy (non-hydrogen) atoms. The Bertz CT molecular complexity index is 622. The molecule has 2 aromatic rings. The van der Waals surface area contributed by atoms with Crippen LogP contribution >= 0.6 is 35.0 Å². The molecule has 2 aromatic carbocycles. The van der Waals surface area contributed by atoms with Crippen LogP contribution in [-0.2, 0) is 0 Å². The van der Waals surface area contributed by atoms with Crippen LogP contribution in [0.2, 0.25) is 10.0 Å². The van der Waals surface area contributed by atoms with Gasteiger partial charge in [0.15, 0.2) is 11.6 Å². The van der Waals surface area contributed by atoms with Crippen LogP contribution in [0.4, 0.5) is 8.78 Å². The van der Waals surface area contributed by atoms with E-state index in [0.717, 1.165) is 17.0 Å². The molecule has 1 unspecified atom stereocenters. The minimum Gasteiger partial charge on any atom is -0.323 e. The lowest BCUT2D eigenvalue weighted by atomic mass is 10.1. The predicted molar refractivity (Wildman–Crippen MR) is 80.5 cm³/mol. The van der Waals surface area contributed by atoms with E-state index in [4.69, 9.17) is 28.9 Å². The lowest BCUT2D eigenvalue weighted by Crippen LogP contribution is -2.13. The summed E-state index contributed by atoms with van der Waals surface area (Å²) in [6.45, 7) is 0. The molecule has 2 N–H and O–H groups in total. The highest BCUT2D eigenvalue weighted by atomic mass is 35.5. The minimum atomic E-state index is -0.891. The Morgan fingerprint density at radius 2 is 1.75 bits per heavy atom. The molecule has 0 aromatic heterocycles. The Balaban J connectivity index is 2.02. The van der Waals surface area contributed by atoms with Gasteiger partial charge in [0.25, 0.3) is 0 Å². The topological polar surface area (TPSA) is 26.0 Å². The number of hydrogen-bond acceptors (Lipinski definition) is 2. The molecule has 106 valence electrons. The third-order valence-electron chi connectivity index (χ3n) is 2.69. The summed E-state index contributed by atoms with van der Waals surface area (Å²) in [6.07, 6.45) is 0. The van der Waals surface area contributed by atoms with E-state index in [-0.39, 0.29) is 0 Å². The van der Waals surface area contributed by atoms with Crippen LogP contribution in [0.15, 0.2) is 41.3 Å². The Morgan fingerprint density at radius 1 is 1.00 bits per heavy atom. The normalized spacial score (nSPS) is 12.4. The average Bonchev–Trinajstić information content (AvgIpc) is 2.43. The molecule has 0 amide bonds. The fourth-order valence-corrected chi connectivity index (χ4v) is 2.88. The van der Waals surface area contributed by atoms with E-state index < -0.39 is 17.7 Å². The van der Waals surface area contributed by atoms with Crippen LogP contribution in [0.25, 0.3) is 0 Å². The van der Waals surface area contributed by atoms with Gasteiger partial charge in [-0.25, -0.2) is 8.78 Å². The second kappa shape index (κ2) is 6.76. The zero-order valence-electron chi connectivity index (χ0n) is 10.2. The molecular formula is C14H11Cl2F2NS. The Labute approximate surface area is 130 Å². The van der Waals surface area contributed by atoms with Crippen LogP contribution in [0.1, 0.15) is 11.6 Å². The molecule has 0 fully saturated rings. The summed E-state index contributed by atoms with van der Waals surface area (Å²) in [4.78, 5) is 0.914. The first-order chi connectivity index (χ1) is 9.47. The number of thioether (sulfide) groups is 1. The van der Waals surface area contributed by atoms with Gasteiger partial charge in [-0.15, -0.1) is 11.8 Å². The molecule has 0 spiro atoms. The monoisotopic (exact) mass is 333 g/mol. The Hall–Kier alpha value is -0.810. The molecule has 0 heterocycles. The van der Waals surface area contributed by atoms with E-state index in [0.29, 0.717) is 21.4 Å². The van der Waals surface area contributed by atoms with E-state index in [9.17, 15) is 8.78 Å². The van der Waals surface area contributed by atoms with Crippen molar-refractivity contribution in [2.24, 2.45) is 5.73 Å². The van der Waals surface area contributed by atoms with E-state index >= 15 is 0 Å². The molecule has 0 aliphatic carbocycles. The standard InChI is InChI=1S/C14H11Cl2F2NS/c15-10-3-2-9(6-11(10)16)20-7-14(19)8-1-4-12(17)13(18)5-8/h1-6,14H,7,19H2. The van der Waals surface area contributed by atoms with E-state index in [2.05, 4.69) is 0 Å². The first-order valence-corrected chi connectivity index (χ1v) is 7.50. The van der Waals surface area contributed by atoms with E-state index in [1.807, 2.05) is 6.07 Å². The highest BCUT2D eigenvalue weighted by Crippen LogP contribution is 2.30. The molecule has 6 heteroatoms. The maximum atomic E-state index is 13.1. The average molecular weight is 334 g/mol. The molecule has 2 rings (SSSR count). The van der Waals surface area contributed by atoms with Gasteiger partial charge in [-0.1, -0.05) is 29.3 Å². The van der Waals surface area contributed by atoms with Gasteiger partial charge < -0.3 is 5.73 Å². The van der Waals surface area contributed by atoms with E-state index in [1.165, 1.54) is 17.8 Å². The summed E-state index contributed by atoms with van der Waals surface area (Å²) in [6, 6.07) is 8.56. The lowest BCUT2D eigenvalue weighted by molar-refractivity contribution is 0.506. The summed E-state index contributed by atoms with van der Waals surface area (Å²) in [5.41, 5.74) is 6.51. The second-order valence-electron chi connectivity index (χ2n) is 4.17. The number of rotatable bonds is 4. The summed E-state index contributed by atoms with van der Waals surface area (Å²) in [7, 11) is 0. The van der Waals surface area contributed by atoms with Crippen LogP contribution in [-0.4, -0.2) is 5.75 Å². The number of nitrogens with two attached hydrogens (primary N) is 1. The number of benzene rings is 2. The first-order valence-electron chi connectivity index (χ1n) is 5.76. The zero-order valence-corrected chi connectivity index (χ0v) is 12.6. The van der Waals surface area contributed by atoms with E-state index in [1.54, 1.807) is 12.1 Å². The second-order valence-corrected chi connectivity index (χ2v) is 6.07. The zero-order chi connectivity index (χ0) is 14.7. The van der Waals surface area contributed by atoms with Gasteiger partial charge in [0.05, 0.1) is 10.0 Å². The van der Waals surface area contributed by atoms with Crippen molar-refractivity contribution in [1.29, 1.82) is 0 Å². The molecule has 0 saturated carbocycles. The summed E-state index contributed by atoms with van der Waals surface area (Å²) in [5.74, 6) is -1.25. The number of halogens is 4. The predicted octanol–water partition coefficient (Wildman–Crippen LogP) is 5.06. The quantitative estimate of drug-likeness (QED) is 0.791. The highest BCUT2D eigenvalue weighted by Gasteiger charge is 2.10. The molecular weight excluding hydrogens is 323 g/mol. The largest absolute Gasteiger partial charge is 0.323 e. The van der Waals surface area contributed by atoms with Gasteiger partial charge in [0, 0.05) is 16.7 Å². The van der Waals surface area contributed by atoms with Crippen molar-refractivity contribution >= 4 is 35.0 Å². The maximum absolute atomic E-state index is 13.1. The van der Waals surface area contributed by atoms with Crippen molar-refractivity contribution in [2.75, 3.05) is 5.75 Å². The maximum Gasteiger partial charge on any atom is 0.159 e. The smallest absolute Gasteiger partial charge is 0.159 e. The van der Waals surface area contributed by atoms with Crippen molar-refractivity contribution in [3.05, 3.63) is 63.6 Å². The first kappa shape index (κ1) is 15.6. The van der Waals surface area contributed by atoms with Crippen LogP contribution in [0.3, 0.4) is 0 Å². The molecule has 0 bridgehead atoms. The fraction of sp³-hybridized carbons (Fsp3) is 0.143. The molecule has 0 radical (unpaired) electrons. The molecule has 0 aliphatic rings. The SMILES string of the molecule is NC(CSc1ccc(Cl)c(Cl)c1)c1ccc(F)c(F)c1. The molecule has 1 nitrogen and oxygen atoms in total. The molecule has 1 atom stereocenters. The summed E-state index contributed by atoms with van der Waals surface area (Å²) in [5, 5.41) is 0.957. The third kappa shape index (κ3) is 3.85. The van der Waals surface area contributed by atoms with Crippen LogP contribution < -0.4 is 5.73 Å². The minimum absolute atomic E-state index is 0.399. The van der Waals surface area contributed by atoms with Crippen molar-refractivity contribution < 1.29 is 8.78 Å². The third-order valence-corrected chi connectivity index (χ3v) is 4.54. The van der Waals surface area contributed by atoms with Crippen molar-refractivity contribution in [3.8, 4) is 0 Å². The highest BCUT2D eigenvalue weighted by molar-refractivity contribution is 7.99. The van der Waals surface area contributed by atoms with Crippen LogP contribution in [0.5, 0.6) is 0 Å². The Morgan fingerprint density at radius 3 is 2.40 bits per heavy atom. The Kier molecular flexibility index (Phi) is 5.27. The van der Waals surface area contributed by atoms with Gasteiger partial charge in [0.1, 0.15) is 0 Å². The van der Waals surface area contributed by atoms with Gasteiger partial charge >= 0.3 is 0 Å². The fourth-order valence-electron chi connectivity index (χ4n) is 1.59. The van der Waals surface area contributed by atoms with Crippen LogP contribution in [0, 0.1) is 11.6 Å². The summed E-state index contributed by atoms with van der Waals surface area (Å²) >= 11 is 13.2. The van der Waals surface area contributed by atoms with Crippen molar-refractivity contribution in [2.45, 2.75) is 10.9 Å². The van der Waals surface area contributed by atoms with Gasteiger partial charge in [-0.3, -0.25) is 0 Å². The molecule has 0 aliphatic heterocycles. The van der Waals surface area contributed by atoms with Crippen molar-refractivity contribution in [1.82, 2.24) is 0 Å². The van der Waals surface area contributed by atoms with Gasteiger partial charge in [-0.05, 0) is 35.9 Å². The van der Waals surface area contributed by atoms with Gasteiger partial charge in [-0.2, -0.15) is 0 Å². The summed E-state index contributed by atoms with van der Waals surface area (Å²) < 4.78 is 26.0. The van der Waals surface area contributed by atoms with Crippen molar-refractivity contribution in [3.63, 3.8) is 0 Å². The van der Waals surface area contributed by atoms with Gasteiger partial charge in [0.2, 0.25) is 0 Å². The number of hydrogen-bond donors (Lipinski definition) is 1. The lowest BCUT2D eigenvalue weighted by Gasteiger charge is -2.12. The molecule has 0 saturated heterocycles.